The number of nitrogens with zero attached hydrogens (tertiary/aromatic N) is 1. The number of hydrogen-bond acceptors (Lipinski definition) is 1. The second kappa shape index (κ2) is 4.67. The maximum Gasteiger partial charge on any atom is 0.0991 e. The van der Waals surface area contributed by atoms with Crippen molar-refractivity contribution in [3.8, 4) is 17.2 Å². The second-order valence-corrected chi connectivity index (χ2v) is 4.82. The zero-order valence-electron chi connectivity index (χ0n) is 8.87. The molecule has 2 aromatic rings. The highest BCUT2D eigenvalue weighted by Gasteiger charge is 2.00. The lowest BCUT2D eigenvalue weighted by molar-refractivity contribution is 1.42. The normalized spacial score (nSPS) is 9.81. The van der Waals surface area contributed by atoms with Crippen LogP contribution < -0.4 is 0 Å². The Morgan fingerprint density at radius 2 is 1.62 bits per heavy atom. The number of nitriles is 1. The topological polar surface area (TPSA) is 23.8 Å². The predicted octanol–water partition coefficient (Wildman–Crippen LogP) is 4.14. The van der Waals surface area contributed by atoms with Gasteiger partial charge in [0, 0.05) is 3.57 Å². The van der Waals surface area contributed by atoms with E-state index in [1.54, 1.807) is 0 Å². The molecule has 0 aliphatic rings. The zero-order valence-corrected chi connectivity index (χ0v) is 11.0. The van der Waals surface area contributed by atoms with Crippen molar-refractivity contribution in [3.63, 3.8) is 0 Å². The van der Waals surface area contributed by atoms with Gasteiger partial charge in [0.05, 0.1) is 11.6 Å². The van der Waals surface area contributed by atoms with Gasteiger partial charge in [0.15, 0.2) is 0 Å². The molecule has 0 saturated heterocycles. The van der Waals surface area contributed by atoms with E-state index in [-0.39, 0.29) is 0 Å². The van der Waals surface area contributed by atoms with Gasteiger partial charge in [-0.25, -0.2) is 0 Å². The molecule has 0 atom stereocenters. The van der Waals surface area contributed by atoms with E-state index in [1.807, 2.05) is 24.3 Å². The highest BCUT2D eigenvalue weighted by atomic mass is 127. The van der Waals surface area contributed by atoms with Gasteiger partial charge in [-0.3, -0.25) is 0 Å². The minimum atomic E-state index is 0.700. The first-order valence-corrected chi connectivity index (χ1v) is 6.05. The van der Waals surface area contributed by atoms with Crippen LogP contribution in [0.5, 0.6) is 0 Å². The molecule has 2 aromatic carbocycles. The molecule has 0 amide bonds. The first-order chi connectivity index (χ1) is 7.70. The average molecular weight is 319 g/mol. The molecule has 0 saturated carbocycles. The molecule has 0 bridgehead atoms. The molecule has 0 aromatic heterocycles. The van der Waals surface area contributed by atoms with Crippen LogP contribution in [0.1, 0.15) is 11.1 Å². The van der Waals surface area contributed by atoms with Crippen molar-refractivity contribution < 1.29 is 0 Å². The van der Waals surface area contributed by atoms with E-state index in [2.05, 4.69) is 53.8 Å². The second-order valence-electron chi connectivity index (χ2n) is 3.65. The van der Waals surface area contributed by atoms with Gasteiger partial charge in [0.25, 0.3) is 0 Å². The summed E-state index contributed by atoms with van der Waals surface area (Å²) in [6.45, 7) is 2.11. The molecule has 78 valence electrons. The van der Waals surface area contributed by atoms with Crippen molar-refractivity contribution in [1.82, 2.24) is 0 Å². The third-order valence-corrected chi connectivity index (χ3v) is 3.72. The van der Waals surface area contributed by atoms with E-state index in [9.17, 15) is 0 Å². The van der Waals surface area contributed by atoms with Crippen molar-refractivity contribution in [1.29, 1.82) is 5.26 Å². The molecule has 0 heterocycles. The summed E-state index contributed by atoms with van der Waals surface area (Å²) in [5.41, 5.74) is 4.33. The van der Waals surface area contributed by atoms with Crippen LogP contribution in [-0.2, 0) is 0 Å². The lowest BCUT2D eigenvalue weighted by Crippen LogP contribution is -1.83. The first-order valence-electron chi connectivity index (χ1n) is 4.97. The maximum atomic E-state index is 8.73. The van der Waals surface area contributed by atoms with Crippen molar-refractivity contribution >= 4 is 22.6 Å². The number of benzene rings is 2. The van der Waals surface area contributed by atoms with Crippen LogP contribution in [0, 0.1) is 21.8 Å². The molecule has 16 heavy (non-hydrogen) atoms. The standard InChI is InChI=1S/C14H10IN/c1-10-8-13(6-7-14(10)15)12-4-2-11(9-16)3-5-12/h2-8H,1H3. The smallest absolute Gasteiger partial charge is 0.0991 e. The lowest BCUT2D eigenvalue weighted by Gasteiger charge is -2.04. The molecule has 0 aliphatic carbocycles. The zero-order chi connectivity index (χ0) is 11.5. The fourth-order valence-corrected chi connectivity index (χ4v) is 1.90. The molecule has 0 fully saturated rings. The Balaban J connectivity index is 2.43. The van der Waals surface area contributed by atoms with Gasteiger partial charge in [-0.1, -0.05) is 24.3 Å². The lowest BCUT2D eigenvalue weighted by atomic mass is 10.0. The SMILES string of the molecule is Cc1cc(-c2ccc(C#N)cc2)ccc1I. The summed E-state index contributed by atoms with van der Waals surface area (Å²) in [4.78, 5) is 0. The molecule has 0 spiro atoms. The van der Waals surface area contributed by atoms with E-state index in [1.165, 1.54) is 14.7 Å². The molecule has 0 unspecified atom stereocenters. The highest BCUT2D eigenvalue weighted by molar-refractivity contribution is 14.1. The van der Waals surface area contributed by atoms with E-state index in [0.29, 0.717) is 5.56 Å². The van der Waals surface area contributed by atoms with E-state index in [4.69, 9.17) is 5.26 Å². The Kier molecular flexibility index (Phi) is 3.25. The number of halogens is 1. The fourth-order valence-electron chi connectivity index (χ4n) is 1.56. The van der Waals surface area contributed by atoms with Crippen molar-refractivity contribution in [2.75, 3.05) is 0 Å². The summed E-state index contributed by atoms with van der Waals surface area (Å²) in [6, 6.07) is 16.2. The third kappa shape index (κ3) is 2.25. The summed E-state index contributed by atoms with van der Waals surface area (Å²) in [5, 5.41) is 8.73. The van der Waals surface area contributed by atoms with E-state index in [0.717, 1.165) is 5.56 Å². The molecular weight excluding hydrogens is 309 g/mol. The van der Waals surface area contributed by atoms with Crippen LogP contribution in [0.15, 0.2) is 42.5 Å². The molecule has 0 N–H and O–H groups in total. The van der Waals surface area contributed by atoms with Crippen LogP contribution in [0.4, 0.5) is 0 Å². The Morgan fingerprint density at radius 1 is 1.00 bits per heavy atom. The van der Waals surface area contributed by atoms with Crippen molar-refractivity contribution in [3.05, 3.63) is 57.2 Å². The van der Waals surface area contributed by atoms with Crippen molar-refractivity contribution in [2.45, 2.75) is 6.92 Å². The molecule has 2 rings (SSSR count). The maximum absolute atomic E-state index is 8.73. The summed E-state index contributed by atoms with van der Waals surface area (Å²) in [5.74, 6) is 0. The van der Waals surface area contributed by atoms with Gasteiger partial charge in [-0.05, 0) is 64.4 Å². The molecule has 2 heteroatoms. The van der Waals surface area contributed by atoms with Crippen LogP contribution in [0.2, 0.25) is 0 Å². The van der Waals surface area contributed by atoms with Gasteiger partial charge >= 0.3 is 0 Å². The van der Waals surface area contributed by atoms with Gasteiger partial charge in [0.2, 0.25) is 0 Å². The van der Waals surface area contributed by atoms with Crippen molar-refractivity contribution in [2.24, 2.45) is 0 Å². The number of rotatable bonds is 1. The van der Waals surface area contributed by atoms with Crippen LogP contribution >= 0.6 is 22.6 Å². The number of hydrogen-bond donors (Lipinski definition) is 0. The number of aryl methyl sites for hydroxylation is 1. The Labute approximate surface area is 109 Å². The van der Waals surface area contributed by atoms with Gasteiger partial charge < -0.3 is 0 Å². The summed E-state index contributed by atoms with van der Waals surface area (Å²) in [6.07, 6.45) is 0. The Bertz CT molecular complexity index is 550. The predicted molar refractivity (Wildman–Crippen MR) is 74.0 cm³/mol. The molecular formula is C14H10IN. The van der Waals surface area contributed by atoms with Crippen LogP contribution in [0.3, 0.4) is 0 Å². The average Bonchev–Trinajstić information content (AvgIpc) is 2.33. The largest absolute Gasteiger partial charge is 0.192 e. The summed E-state index contributed by atoms with van der Waals surface area (Å²) >= 11 is 2.33. The van der Waals surface area contributed by atoms with Gasteiger partial charge in [-0.15, -0.1) is 0 Å². The molecule has 0 aliphatic heterocycles. The Morgan fingerprint density at radius 3 is 2.19 bits per heavy atom. The first kappa shape index (κ1) is 11.2. The highest BCUT2D eigenvalue weighted by Crippen LogP contribution is 2.23. The fraction of sp³-hybridized carbons (Fsp3) is 0.0714. The van der Waals surface area contributed by atoms with E-state index < -0.39 is 0 Å². The quantitative estimate of drug-likeness (QED) is 0.725. The Hall–Kier alpha value is -1.34. The summed E-state index contributed by atoms with van der Waals surface area (Å²) in [7, 11) is 0. The summed E-state index contributed by atoms with van der Waals surface area (Å²) < 4.78 is 1.27. The monoisotopic (exact) mass is 319 g/mol. The van der Waals surface area contributed by atoms with Gasteiger partial charge in [0.1, 0.15) is 0 Å². The minimum absolute atomic E-state index is 0.700. The third-order valence-electron chi connectivity index (χ3n) is 2.51. The molecule has 1 nitrogen and oxygen atoms in total. The molecule has 0 radical (unpaired) electrons. The van der Waals surface area contributed by atoms with E-state index >= 15 is 0 Å². The van der Waals surface area contributed by atoms with Crippen LogP contribution in [-0.4, -0.2) is 0 Å². The van der Waals surface area contributed by atoms with Crippen LogP contribution in [0.25, 0.3) is 11.1 Å². The minimum Gasteiger partial charge on any atom is -0.192 e. The van der Waals surface area contributed by atoms with Gasteiger partial charge in [-0.2, -0.15) is 5.26 Å².